The van der Waals surface area contributed by atoms with E-state index in [2.05, 4.69) is 26.6 Å². The van der Waals surface area contributed by atoms with Gasteiger partial charge in [-0.05, 0) is 25.5 Å². The normalized spacial score (nSPS) is 12.6. The molecule has 184 valence electrons. The molecule has 2 unspecified atom stereocenters. The van der Waals surface area contributed by atoms with Gasteiger partial charge in [-0.2, -0.15) is 10.4 Å². The highest BCUT2D eigenvalue weighted by Gasteiger charge is 2.32. The maximum absolute atomic E-state index is 13.0. The molecule has 2 atom stereocenters. The van der Waals surface area contributed by atoms with Gasteiger partial charge in [-0.15, -0.1) is 0 Å². The smallest absolute Gasteiger partial charge is 0.296 e. The van der Waals surface area contributed by atoms with Gasteiger partial charge in [0.2, 0.25) is 5.75 Å². The Morgan fingerprint density at radius 1 is 1.31 bits per heavy atom. The number of aromatic hydroxyl groups is 1. The van der Waals surface area contributed by atoms with E-state index in [0.29, 0.717) is 12.1 Å². The molecule has 0 fully saturated rings. The van der Waals surface area contributed by atoms with Crippen molar-refractivity contribution < 1.29 is 14.4 Å². The molecular weight excluding hydrogens is 462 g/mol. The summed E-state index contributed by atoms with van der Waals surface area (Å²) in [6.07, 6.45) is 4.41. The summed E-state index contributed by atoms with van der Waals surface area (Å²) in [4.78, 5) is 30.3. The fourth-order valence-corrected chi connectivity index (χ4v) is 4.36. The molecule has 4 rings (SSSR count). The molecule has 0 aliphatic rings. The van der Waals surface area contributed by atoms with Crippen LogP contribution in [-0.2, 0) is 13.6 Å². The Morgan fingerprint density at radius 2 is 2.06 bits per heavy atom. The summed E-state index contributed by atoms with van der Waals surface area (Å²) in [6, 6.07) is 9.47. The van der Waals surface area contributed by atoms with Crippen LogP contribution in [-0.4, -0.2) is 35.5 Å². The van der Waals surface area contributed by atoms with Crippen molar-refractivity contribution in [3.05, 3.63) is 87.2 Å². The number of carbonyl (C=O) groups is 1. The molecule has 3 aromatic heterocycles. The lowest BCUT2D eigenvalue weighted by molar-refractivity contribution is 0.101. The molecule has 11 nitrogen and oxygen atoms in total. The van der Waals surface area contributed by atoms with Crippen LogP contribution in [0.5, 0.6) is 5.75 Å². The van der Waals surface area contributed by atoms with Gasteiger partial charge in [0, 0.05) is 37.2 Å². The minimum Gasteiger partial charge on any atom is -0.501 e. The van der Waals surface area contributed by atoms with E-state index in [1.807, 2.05) is 39.1 Å². The Kier molecular flexibility index (Phi) is 6.69. The van der Waals surface area contributed by atoms with E-state index in [0.717, 1.165) is 16.8 Å². The maximum atomic E-state index is 13.0. The van der Waals surface area contributed by atoms with Crippen molar-refractivity contribution in [3.63, 3.8) is 0 Å². The largest absolute Gasteiger partial charge is 0.501 e. The number of hydrogen-bond acceptors (Lipinski definition) is 8. The Bertz CT molecular complexity index is 1510. The van der Waals surface area contributed by atoms with Crippen molar-refractivity contribution >= 4 is 11.6 Å². The second-order valence-corrected chi connectivity index (χ2v) is 8.39. The average molecular weight is 488 g/mol. The summed E-state index contributed by atoms with van der Waals surface area (Å²) < 4.78 is 7.74. The zero-order chi connectivity index (χ0) is 26.0. The van der Waals surface area contributed by atoms with Crippen molar-refractivity contribution in [2.24, 2.45) is 7.05 Å². The van der Waals surface area contributed by atoms with E-state index >= 15 is 0 Å². The number of carbonyl (C=O) groups excluding carboxylic acids is 1. The van der Waals surface area contributed by atoms with Gasteiger partial charge in [0.25, 0.3) is 11.5 Å². The predicted molar refractivity (Wildman–Crippen MR) is 130 cm³/mol. The van der Waals surface area contributed by atoms with Crippen LogP contribution in [0.3, 0.4) is 0 Å². The molecule has 3 heterocycles. The van der Waals surface area contributed by atoms with E-state index in [1.165, 1.54) is 24.1 Å². The zero-order valence-electron chi connectivity index (χ0n) is 20.3. The number of nitrogens with zero attached hydrogens (tertiary/aromatic N) is 6. The fourth-order valence-electron chi connectivity index (χ4n) is 4.36. The molecular formula is C25H25N7O4. The number of benzene rings is 1. The van der Waals surface area contributed by atoms with Gasteiger partial charge in [0.15, 0.2) is 5.69 Å². The summed E-state index contributed by atoms with van der Waals surface area (Å²) in [7, 11) is 1.48. The molecule has 0 aliphatic heterocycles. The Balaban J connectivity index is 1.89. The van der Waals surface area contributed by atoms with Crippen molar-refractivity contribution in [2.75, 3.05) is 5.32 Å². The SMILES string of the molecule is CCn1cc(C(c2ccccc2C#N)C(C)c2nc(C(=O)Nc3cnoc3)c(O)c(=O)n2C)c(C)n1. The molecule has 0 radical (unpaired) electrons. The van der Waals surface area contributed by atoms with Crippen LogP contribution < -0.4 is 10.9 Å². The summed E-state index contributed by atoms with van der Waals surface area (Å²) in [5, 5.41) is 30.9. The van der Waals surface area contributed by atoms with Gasteiger partial charge in [-0.25, -0.2) is 4.98 Å². The number of nitrogens with one attached hydrogen (secondary N) is 1. The standard InChI is InChI=1S/C25H25N7O4/c1-5-32-12-19(15(3)30-32)20(18-9-7-6-8-16(18)10-26)14(2)23-29-21(22(33)25(35)31(23)4)24(34)28-17-11-27-36-13-17/h6-9,11-14,20,33H,5H2,1-4H3,(H,28,34). The van der Waals surface area contributed by atoms with Crippen LogP contribution >= 0.6 is 0 Å². The van der Waals surface area contributed by atoms with E-state index in [9.17, 15) is 20.0 Å². The third kappa shape index (κ3) is 4.36. The first-order valence-electron chi connectivity index (χ1n) is 11.3. The minimum atomic E-state index is -0.786. The average Bonchev–Trinajstić information content (AvgIpc) is 3.52. The van der Waals surface area contributed by atoms with Gasteiger partial charge in [0.05, 0.1) is 23.5 Å². The molecule has 1 aromatic carbocycles. The summed E-state index contributed by atoms with van der Waals surface area (Å²) in [5.74, 6) is -2.21. The number of aromatic nitrogens is 5. The number of aryl methyl sites for hydroxylation is 2. The van der Waals surface area contributed by atoms with Crippen molar-refractivity contribution in [2.45, 2.75) is 39.2 Å². The fraction of sp³-hybridized carbons (Fsp3) is 0.280. The van der Waals surface area contributed by atoms with Gasteiger partial charge in [0.1, 0.15) is 17.8 Å². The van der Waals surface area contributed by atoms with E-state index in [4.69, 9.17) is 4.52 Å². The number of nitriles is 1. The molecule has 4 aromatic rings. The minimum absolute atomic E-state index is 0.250. The van der Waals surface area contributed by atoms with Crippen LogP contribution in [0.2, 0.25) is 0 Å². The molecule has 11 heteroatoms. The monoisotopic (exact) mass is 487 g/mol. The molecule has 36 heavy (non-hydrogen) atoms. The molecule has 1 amide bonds. The maximum Gasteiger partial charge on any atom is 0.296 e. The Hall–Kier alpha value is -4.72. The van der Waals surface area contributed by atoms with E-state index < -0.39 is 34.7 Å². The molecule has 2 N–H and O–H groups in total. The molecule has 0 aliphatic carbocycles. The van der Waals surface area contributed by atoms with Gasteiger partial charge < -0.3 is 14.9 Å². The number of anilines is 1. The lowest BCUT2D eigenvalue weighted by Crippen LogP contribution is -2.29. The highest BCUT2D eigenvalue weighted by molar-refractivity contribution is 6.04. The topological polar surface area (TPSA) is 152 Å². The Morgan fingerprint density at radius 3 is 2.69 bits per heavy atom. The summed E-state index contributed by atoms with van der Waals surface area (Å²) in [6.45, 7) is 6.38. The van der Waals surface area contributed by atoms with Crippen LogP contribution in [0.4, 0.5) is 5.69 Å². The van der Waals surface area contributed by atoms with Gasteiger partial charge >= 0.3 is 0 Å². The molecule has 0 saturated heterocycles. The summed E-state index contributed by atoms with van der Waals surface area (Å²) in [5.41, 5.74) is 1.92. The lowest BCUT2D eigenvalue weighted by Gasteiger charge is -2.26. The van der Waals surface area contributed by atoms with Crippen LogP contribution in [0.25, 0.3) is 0 Å². The zero-order valence-corrected chi connectivity index (χ0v) is 20.3. The molecule has 0 bridgehead atoms. The van der Waals surface area contributed by atoms with Gasteiger partial charge in [-0.1, -0.05) is 30.3 Å². The molecule has 0 spiro atoms. The Labute approximate surface area is 206 Å². The van der Waals surface area contributed by atoms with E-state index in [-0.39, 0.29) is 11.5 Å². The van der Waals surface area contributed by atoms with Gasteiger partial charge in [-0.3, -0.25) is 18.8 Å². The third-order valence-electron chi connectivity index (χ3n) is 6.17. The van der Waals surface area contributed by atoms with Crippen molar-refractivity contribution in [1.82, 2.24) is 24.5 Å². The van der Waals surface area contributed by atoms with Crippen LogP contribution in [0.15, 0.2) is 52.2 Å². The first-order chi connectivity index (χ1) is 17.3. The lowest BCUT2D eigenvalue weighted by atomic mass is 9.79. The summed E-state index contributed by atoms with van der Waals surface area (Å²) >= 11 is 0. The second-order valence-electron chi connectivity index (χ2n) is 8.39. The number of amides is 1. The first-order valence-corrected chi connectivity index (χ1v) is 11.3. The van der Waals surface area contributed by atoms with Crippen molar-refractivity contribution in [3.8, 4) is 11.8 Å². The quantitative estimate of drug-likeness (QED) is 0.403. The highest BCUT2D eigenvalue weighted by Crippen LogP contribution is 2.40. The second kappa shape index (κ2) is 9.87. The van der Waals surface area contributed by atoms with Crippen LogP contribution in [0, 0.1) is 18.3 Å². The van der Waals surface area contributed by atoms with Crippen molar-refractivity contribution in [1.29, 1.82) is 5.26 Å². The van der Waals surface area contributed by atoms with Crippen LogP contribution in [0.1, 0.15) is 64.4 Å². The highest BCUT2D eigenvalue weighted by atomic mass is 16.5. The first kappa shape index (κ1) is 24.4. The number of hydrogen-bond donors (Lipinski definition) is 2. The van der Waals surface area contributed by atoms with E-state index in [1.54, 1.807) is 16.8 Å². The number of rotatable bonds is 7. The third-order valence-corrected chi connectivity index (χ3v) is 6.17. The molecule has 0 saturated carbocycles. The predicted octanol–water partition coefficient (Wildman–Crippen LogP) is 3.06.